The molecule has 0 unspecified atom stereocenters. The number of fused-ring (bicyclic) bond motifs is 3. The zero-order chi connectivity index (χ0) is 16.1. The van der Waals surface area contributed by atoms with Gasteiger partial charge >= 0.3 is 140 Å². The molecule has 0 aliphatic heterocycles. The van der Waals surface area contributed by atoms with Gasteiger partial charge in [0, 0.05) is 0 Å². The first-order valence-corrected chi connectivity index (χ1v) is 14.2. The zero-order valence-electron chi connectivity index (χ0n) is 14.3. The third kappa shape index (κ3) is 2.05. The molecule has 0 spiro atoms. The minimum absolute atomic E-state index is 1.09. The van der Waals surface area contributed by atoms with Crippen molar-refractivity contribution in [2.45, 2.75) is 30.2 Å². The summed E-state index contributed by atoms with van der Waals surface area (Å²) in [7, 11) is 0. The van der Waals surface area contributed by atoms with E-state index in [0.717, 1.165) is 12.8 Å². The summed E-state index contributed by atoms with van der Waals surface area (Å²) in [5.41, 5.74) is 5.97. The molecule has 4 rings (SSSR count). The molecule has 23 heavy (non-hydrogen) atoms. The molecule has 0 atom stereocenters. The van der Waals surface area contributed by atoms with Crippen molar-refractivity contribution in [1.82, 2.24) is 0 Å². The third-order valence-electron chi connectivity index (χ3n) is 6.31. The average Bonchev–Trinajstić information content (AvgIpc) is 3.23. The molecule has 0 bridgehead atoms. The number of hydrogen-bond donors (Lipinski definition) is 0. The molecule has 0 saturated carbocycles. The van der Waals surface area contributed by atoms with Crippen molar-refractivity contribution < 1.29 is 14.8 Å². The van der Waals surface area contributed by atoms with Gasteiger partial charge in [0.25, 0.3) is 0 Å². The Bertz CT molecular complexity index is 932. The van der Waals surface area contributed by atoms with Gasteiger partial charge in [-0.1, -0.05) is 0 Å². The van der Waals surface area contributed by atoms with Crippen LogP contribution in [0.2, 0.25) is 10.5 Å². The molecule has 2 aliphatic carbocycles. The topological polar surface area (TPSA) is 0 Å². The summed E-state index contributed by atoms with van der Waals surface area (Å²) in [5, 5.41) is 5.16. The molecule has 0 fully saturated rings. The molecular weight excluding hydrogens is 312 g/mol. The van der Waals surface area contributed by atoms with Gasteiger partial charge in [-0.15, -0.1) is 0 Å². The first-order valence-electron chi connectivity index (χ1n) is 8.61. The fraction of sp³-hybridized carbons (Fsp3) is 0.227. The summed E-state index contributed by atoms with van der Waals surface area (Å²) in [6, 6.07) is 15.9. The Labute approximate surface area is 139 Å². The van der Waals surface area contributed by atoms with E-state index >= 15 is 0 Å². The number of rotatable bonds is 2. The standard InChI is InChI=1S/C13H9.C5H5.C2H4.2CH3.Ti/c1-3-7-12-10(5-1)9-11-6-2-4-8-13(11)12;1-2-4-5-3-1;1-2;;;/h1-5,7-8H,9H2;1-3H,4H2;1H,2H3;2*1H3;. The van der Waals surface area contributed by atoms with Gasteiger partial charge in [-0.2, -0.15) is 0 Å². The average molecular weight is 336 g/mol. The Morgan fingerprint density at radius 2 is 1.74 bits per heavy atom. The van der Waals surface area contributed by atoms with E-state index in [1.54, 1.807) is 13.3 Å². The van der Waals surface area contributed by atoms with Crippen LogP contribution in [0.25, 0.3) is 11.1 Å². The van der Waals surface area contributed by atoms with Gasteiger partial charge in [0.05, 0.1) is 0 Å². The van der Waals surface area contributed by atoms with Crippen molar-refractivity contribution in [3.05, 3.63) is 75.7 Å². The van der Waals surface area contributed by atoms with E-state index in [4.69, 9.17) is 0 Å². The maximum absolute atomic E-state index is 3.00. The van der Waals surface area contributed by atoms with Crippen LogP contribution in [0, 0.1) is 0 Å². The van der Waals surface area contributed by atoms with E-state index in [1.807, 2.05) is 0 Å². The summed E-state index contributed by atoms with van der Waals surface area (Å²) >= 11 is -3.00. The molecule has 0 nitrogen and oxygen atoms in total. The molecule has 2 aliphatic rings. The Morgan fingerprint density at radius 1 is 0.957 bits per heavy atom. The summed E-state index contributed by atoms with van der Waals surface area (Å²) in [6.45, 7) is 2.29. The zero-order valence-corrected chi connectivity index (χ0v) is 15.8. The van der Waals surface area contributed by atoms with Gasteiger partial charge in [-0.3, -0.25) is 0 Å². The Morgan fingerprint density at radius 3 is 2.48 bits per heavy atom. The fourth-order valence-electron chi connectivity index (χ4n) is 4.41. The summed E-state index contributed by atoms with van der Waals surface area (Å²) in [6.07, 6.45) is 9.17. The second-order valence-corrected chi connectivity index (χ2v) is 18.3. The molecule has 0 N–H and O–H groups in total. The van der Waals surface area contributed by atoms with Crippen LogP contribution < -0.4 is 3.87 Å². The van der Waals surface area contributed by atoms with Crippen molar-refractivity contribution in [1.29, 1.82) is 0 Å². The quantitative estimate of drug-likeness (QED) is 0.555. The molecule has 0 heterocycles. The van der Waals surface area contributed by atoms with Crippen molar-refractivity contribution in [2.75, 3.05) is 0 Å². The second-order valence-electron chi connectivity index (χ2n) is 7.77. The SMILES string of the molecule is C[CH]=[Ti]([CH3])([CH3])([C]1=CC=CC1)[c]1cccc2c1Cc1ccccc1-2. The third-order valence-corrected chi connectivity index (χ3v) is 16.0. The van der Waals surface area contributed by atoms with E-state index < -0.39 is 14.8 Å². The first-order chi connectivity index (χ1) is 11.0. The van der Waals surface area contributed by atoms with E-state index in [-0.39, 0.29) is 0 Å². The van der Waals surface area contributed by atoms with Crippen LogP contribution in [0.5, 0.6) is 0 Å². The van der Waals surface area contributed by atoms with E-state index in [9.17, 15) is 0 Å². The normalized spacial score (nSPS) is 16.1. The molecule has 0 saturated heterocycles. The molecule has 0 radical (unpaired) electrons. The first kappa shape index (κ1) is 15.1. The molecule has 2 aromatic carbocycles. The molecule has 2 aromatic rings. The van der Waals surface area contributed by atoms with Crippen molar-refractivity contribution in [2.24, 2.45) is 0 Å². The van der Waals surface area contributed by atoms with Crippen LogP contribution in [-0.2, 0) is 21.3 Å². The van der Waals surface area contributed by atoms with E-state index in [1.165, 1.54) is 16.7 Å². The van der Waals surface area contributed by atoms with Gasteiger partial charge < -0.3 is 0 Å². The van der Waals surface area contributed by atoms with Crippen LogP contribution in [0.4, 0.5) is 0 Å². The fourth-order valence-corrected chi connectivity index (χ4v) is 10.9. The monoisotopic (exact) mass is 336 g/mol. The Kier molecular flexibility index (Phi) is 3.27. The minimum atomic E-state index is -3.00. The Balaban J connectivity index is 1.99. The van der Waals surface area contributed by atoms with Crippen molar-refractivity contribution in [3.63, 3.8) is 0 Å². The van der Waals surface area contributed by atoms with Gasteiger partial charge in [-0.25, -0.2) is 0 Å². The van der Waals surface area contributed by atoms with E-state index in [2.05, 4.69) is 82.4 Å². The number of benzene rings is 2. The van der Waals surface area contributed by atoms with Crippen LogP contribution in [0.3, 0.4) is 0 Å². The Hall–Kier alpha value is -1.50. The van der Waals surface area contributed by atoms with Crippen LogP contribution >= 0.6 is 0 Å². The van der Waals surface area contributed by atoms with Crippen molar-refractivity contribution in [3.8, 4) is 11.1 Å². The molecule has 0 aromatic heterocycles. The van der Waals surface area contributed by atoms with Crippen LogP contribution in [0.15, 0.2) is 64.6 Å². The second kappa shape index (κ2) is 5.00. The molecule has 1 heteroatoms. The number of allylic oxidation sites excluding steroid dienone is 4. The molecule has 116 valence electrons. The predicted molar refractivity (Wildman–Crippen MR) is 99.6 cm³/mol. The van der Waals surface area contributed by atoms with Crippen molar-refractivity contribution >= 4 is 8.18 Å². The van der Waals surface area contributed by atoms with E-state index in [0.29, 0.717) is 0 Å². The molecule has 0 amide bonds. The van der Waals surface area contributed by atoms with Crippen LogP contribution in [0.1, 0.15) is 24.5 Å². The summed E-state index contributed by atoms with van der Waals surface area (Å²) in [4.78, 5) is 0. The number of hydrogen-bond acceptors (Lipinski definition) is 0. The summed E-state index contributed by atoms with van der Waals surface area (Å²) in [5.74, 6) is 0. The summed E-state index contributed by atoms with van der Waals surface area (Å²) < 4.78 is 5.90. The maximum atomic E-state index is 2.58. The van der Waals surface area contributed by atoms with Gasteiger partial charge in [0.1, 0.15) is 0 Å². The van der Waals surface area contributed by atoms with Gasteiger partial charge in [-0.05, 0) is 0 Å². The van der Waals surface area contributed by atoms with Crippen LogP contribution in [-0.4, -0.2) is 4.31 Å². The predicted octanol–water partition coefficient (Wildman–Crippen LogP) is 5.33. The molecular formula is C22H24Ti. The van der Waals surface area contributed by atoms with Gasteiger partial charge in [0.2, 0.25) is 0 Å². The van der Waals surface area contributed by atoms with Gasteiger partial charge in [0.15, 0.2) is 0 Å².